The average molecular weight is 455 g/mol. The largest absolute Gasteiger partial charge is 0.462 e. The van der Waals surface area contributed by atoms with Crippen LogP contribution < -0.4 is 0 Å². The van der Waals surface area contributed by atoms with Crippen LogP contribution in [0.5, 0.6) is 0 Å². The Morgan fingerprint density at radius 2 is 1.70 bits per heavy atom. The Morgan fingerprint density at radius 3 is 2.36 bits per heavy atom. The van der Waals surface area contributed by atoms with Crippen LogP contribution in [0, 0.1) is 57.2 Å². The van der Waals surface area contributed by atoms with Gasteiger partial charge in [-0.25, -0.2) is 0 Å². The molecule has 2 heteroatoms. The molecule has 186 valence electrons. The van der Waals surface area contributed by atoms with Gasteiger partial charge in [0, 0.05) is 12.3 Å². The van der Waals surface area contributed by atoms with Gasteiger partial charge in [-0.1, -0.05) is 60.1 Å². The lowest BCUT2D eigenvalue weighted by Gasteiger charge is -2.65. The van der Waals surface area contributed by atoms with Gasteiger partial charge in [-0.2, -0.15) is 0 Å². The topological polar surface area (TPSA) is 26.3 Å². The van der Waals surface area contributed by atoms with Crippen LogP contribution in [-0.2, 0) is 9.53 Å². The van der Waals surface area contributed by atoms with Crippen molar-refractivity contribution in [1.29, 1.82) is 0 Å². The average Bonchev–Trinajstić information content (AvgIpc) is 3.08. The summed E-state index contributed by atoms with van der Waals surface area (Å²) >= 11 is 0. The summed E-state index contributed by atoms with van der Waals surface area (Å²) < 4.78 is 5.88. The maximum atomic E-state index is 11.8. The number of esters is 1. The smallest absolute Gasteiger partial charge is 0.302 e. The predicted octanol–water partition coefficient (Wildman–Crippen LogP) is 8.21. The number of carbonyl (C=O) groups excluding carboxylic acids is 1. The third kappa shape index (κ3) is 3.27. The monoisotopic (exact) mass is 454 g/mol. The number of ether oxygens (including phenoxy) is 1. The molecule has 0 spiro atoms. The molecule has 0 saturated heterocycles. The maximum Gasteiger partial charge on any atom is 0.302 e. The van der Waals surface area contributed by atoms with Crippen molar-refractivity contribution < 1.29 is 9.53 Å². The number of hydrogen-bond donors (Lipinski definition) is 0. The SMILES string of the molecule is CC(=O)O[C@H]1CC[C@]2(C)C3=CC[C@@H]4[C@H]5[C@H](C(C)C)CC[C@]5(C)CC[C@@]4(C)[C@@H]3CC[C@H]2C1(C)C. The van der Waals surface area contributed by atoms with Crippen molar-refractivity contribution in [2.24, 2.45) is 57.2 Å². The summed E-state index contributed by atoms with van der Waals surface area (Å²) in [4.78, 5) is 11.8. The molecule has 5 aliphatic carbocycles. The molecule has 0 amide bonds. The summed E-state index contributed by atoms with van der Waals surface area (Å²) in [5, 5.41) is 0. The molecule has 0 aromatic carbocycles. The lowest BCUT2D eigenvalue weighted by molar-refractivity contribution is -0.171. The minimum atomic E-state index is -0.112. The van der Waals surface area contributed by atoms with E-state index < -0.39 is 0 Å². The molecule has 2 nitrogen and oxygen atoms in total. The Balaban J connectivity index is 1.50. The van der Waals surface area contributed by atoms with E-state index in [1.165, 1.54) is 51.4 Å². The van der Waals surface area contributed by atoms with Gasteiger partial charge in [0.25, 0.3) is 0 Å². The molecular formula is C31H50O2. The van der Waals surface area contributed by atoms with E-state index in [0.717, 1.165) is 36.0 Å². The fraction of sp³-hybridized carbons (Fsp3) is 0.903. The Labute approximate surface area is 203 Å². The molecule has 0 unspecified atom stereocenters. The van der Waals surface area contributed by atoms with Crippen molar-refractivity contribution in [1.82, 2.24) is 0 Å². The molecule has 0 aliphatic heterocycles. The van der Waals surface area contributed by atoms with Crippen LogP contribution in [0.4, 0.5) is 0 Å². The summed E-state index contributed by atoms with van der Waals surface area (Å²) in [7, 11) is 0. The molecular weight excluding hydrogens is 404 g/mol. The molecule has 33 heavy (non-hydrogen) atoms. The quantitative estimate of drug-likeness (QED) is 0.310. The summed E-state index contributed by atoms with van der Waals surface area (Å²) in [6.45, 7) is 19.3. The Hall–Kier alpha value is -0.790. The highest BCUT2D eigenvalue weighted by molar-refractivity contribution is 5.66. The summed E-state index contributed by atoms with van der Waals surface area (Å²) in [5.74, 6) is 4.76. The number of carbonyl (C=O) groups is 1. The summed E-state index contributed by atoms with van der Waals surface area (Å²) in [6, 6.07) is 0. The fourth-order valence-corrected chi connectivity index (χ4v) is 10.9. The van der Waals surface area contributed by atoms with E-state index in [0.29, 0.717) is 16.7 Å². The number of fused-ring (bicyclic) bond motifs is 7. The highest BCUT2D eigenvalue weighted by atomic mass is 16.5. The Bertz CT molecular complexity index is 838. The maximum absolute atomic E-state index is 11.8. The van der Waals surface area contributed by atoms with E-state index in [1.807, 2.05) is 5.57 Å². The molecule has 4 fully saturated rings. The molecule has 0 aromatic rings. The second kappa shape index (κ2) is 7.60. The number of rotatable bonds is 2. The zero-order valence-electron chi connectivity index (χ0n) is 22.8. The van der Waals surface area contributed by atoms with Crippen LogP contribution in [-0.4, -0.2) is 12.1 Å². The van der Waals surface area contributed by atoms with Gasteiger partial charge in [0.15, 0.2) is 0 Å². The van der Waals surface area contributed by atoms with E-state index in [9.17, 15) is 4.79 Å². The van der Waals surface area contributed by atoms with Gasteiger partial charge in [0.1, 0.15) is 6.10 Å². The van der Waals surface area contributed by atoms with Crippen LogP contribution in [0.2, 0.25) is 0 Å². The standard InChI is InChI=1S/C31H50O2/c1-19(2)21-13-15-29(6)17-18-30(7)22-11-12-25-28(4,5)26(33-20(3)32)14-16-31(25,8)23(22)9-10-24(30)27(21)29/h9,19,21-22,24-27H,10-18H2,1-8H3/t21-,22+,24+,25-,26-,27+,29+,30-,31+/m0/s1. The third-order valence-electron chi connectivity index (χ3n) is 12.6. The molecule has 4 saturated carbocycles. The zero-order chi connectivity index (χ0) is 24.0. The minimum Gasteiger partial charge on any atom is -0.462 e. The molecule has 0 bridgehead atoms. The van der Waals surface area contributed by atoms with E-state index >= 15 is 0 Å². The highest BCUT2D eigenvalue weighted by Crippen LogP contribution is 2.72. The Kier molecular flexibility index (Phi) is 5.51. The lowest BCUT2D eigenvalue weighted by Crippen LogP contribution is -2.59. The van der Waals surface area contributed by atoms with E-state index in [4.69, 9.17) is 4.74 Å². The van der Waals surface area contributed by atoms with Crippen LogP contribution in [0.3, 0.4) is 0 Å². The van der Waals surface area contributed by atoms with E-state index in [2.05, 4.69) is 54.5 Å². The van der Waals surface area contributed by atoms with Crippen molar-refractivity contribution in [2.45, 2.75) is 119 Å². The van der Waals surface area contributed by atoms with Gasteiger partial charge in [0.2, 0.25) is 0 Å². The van der Waals surface area contributed by atoms with Crippen LogP contribution in [0.25, 0.3) is 0 Å². The van der Waals surface area contributed by atoms with Crippen molar-refractivity contribution in [2.75, 3.05) is 0 Å². The van der Waals surface area contributed by atoms with E-state index in [-0.39, 0.29) is 22.9 Å². The lowest BCUT2D eigenvalue weighted by atomic mass is 9.39. The first kappa shape index (κ1) is 23.9. The van der Waals surface area contributed by atoms with Crippen LogP contribution in [0.1, 0.15) is 113 Å². The zero-order valence-corrected chi connectivity index (χ0v) is 22.8. The van der Waals surface area contributed by atoms with Gasteiger partial charge in [0.05, 0.1) is 0 Å². The third-order valence-corrected chi connectivity index (χ3v) is 12.6. The van der Waals surface area contributed by atoms with Crippen LogP contribution >= 0.6 is 0 Å². The molecule has 5 aliphatic rings. The van der Waals surface area contributed by atoms with Gasteiger partial charge < -0.3 is 4.74 Å². The first-order chi connectivity index (χ1) is 15.3. The van der Waals surface area contributed by atoms with Crippen LogP contribution in [0.15, 0.2) is 11.6 Å². The van der Waals surface area contributed by atoms with Gasteiger partial charge in [-0.3, -0.25) is 4.79 Å². The van der Waals surface area contributed by atoms with Gasteiger partial charge >= 0.3 is 5.97 Å². The first-order valence-corrected chi connectivity index (χ1v) is 14.2. The molecule has 0 aromatic heterocycles. The summed E-state index contributed by atoms with van der Waals surface area (Å²) in [5.41, 5.74) is 3.17. The van der Waals surface area contributed by atoms with Crippen molar-refractivity contribution in [3.63, 3.8) is 0 Å². The number of hydrogen-bond acceptors (Lipinski definition) is 2. The minimum absolute atomic E-state index is 0.0432. The normalized spacial score (nSPS) is 50.5. The predicted molar refractivity (Wildman–Crippen MR) is 136 cm³/mol. The van der Waals surface area contributed by atoms with Crippen molar-refractivity contribution in [3.8, 4) is 0 Å². The van der Waals surface area contributed by atoms with Crippen molar-refractivity contribution in [3.05, 3.63) is 11.6 Å². The second-order valence-electron chi connectivity index (χ2n) is 14.7. The molecule has 9 atom stereocenters. The first-order valence-electron chi connectivity index (χ1n) is 14.2. The van der Waals surface area contributed by atoms with E-state index in [1.54, 1.807) is 6.92 Å². The summed E-state index contributed by atoms with van der Waals surface area (Å²) in [6.07, 6.45) is 14.8. The highest BCUT2D eigenvalue weighted by Gasteiger charge is 2.64. The van der Waals surface area contributed by atoms with Gasteiger partial charge in [-0.05, 0) is 110 Å². The molecule has 0 N–H and O–H groups in total. The Morgan fingerprint density at radius 1 is 0.970 bits per heavy atom. The fourth-order valence-electron chi connectivity index (χ4n) is 10.9. The molecule has 0 radical (unpaired) electrons. The molecule has 0 heterocycles. The van der Waals surface area contributed by atoms with Crippen molar-refractivity contribution >= 4 is 5.97 Å². The molecule has 5 rings (SSSR count). The van der Waals surface area contributed by atoms with Gasteiger partial charge in [-0.15, -0.1) is 0 Å². The number of allylic oxidation sites excluding steroid dienone is 2. The second-order valence-corrected chi connectivity index (χ2v) is 14.7.